The quantitative estimate of drug-likeness (QED) is 0.220. The molecule has 2 unspecified atom stereocenters. The summed E-state index contributed by atoms with van der Waals surface area (Å²) in [4.78, 5) is 4.72. The van der Waals surface area contributed by atoms with Crippen LogP contribution >= 0.6 is 35.7 Å². The molecule has 2 rings (SSSR count). The van der Waals surface area contributed by atoms with Gasteiger partial charge in [0, 0.05) is 31.0 Å². The lowest BCUT2D eigenvalue weighted by molar-refractivity contribution is 0.117. The van der Waals surface area contributed by atoms with Crippen LogP contribution in [0.3, 0.4) is 0 Å². The minimum Gasteiger partial charge on any atom is -0.377 e. The highest BCUT2D eigenvalue weighted by Crippen LogP contribution is 2.27. The van der Waals surface area contributed by atoms with Gasteiger partial charge in [0.1, 0.15) is 0 Å². The predicted octanol–water partition coefficient (Wildman–Crippen LogP) is 4.44. The topological polar surface area (TPSA) is 45.7 Å². The Hall–Kier alpha value is -0.470. The molecule has 1 aliphatic rings. The first-order valence-electron chi connectivity index (χ1n) is 9.51. The maximum atomic E-state index is 5.72. The molecule has 2 atom stereocenters. The third kappa shape index (κ3) is 9.46. The van der Waals surface area contributed by atoms with Crippen LogP contribution in [0.2, 0.25) is 0 Å². The van der Waals surface area contributed by atoms with E-state index in [-0.39, 0.29) is 24.0 Å². The second kappa shape index (κ2) is 14.6. The molecular weight excluding hydrogens is 457 g/mol. The third-order valence-corrected chi connectivity index (χ3v) is 5.58. The Morgan fingerprint density at radius 2 is 2.04 bits per heavy atom. The number of unbranched alkanes of at least 4 members (excludes halogenated alkanes) is 1. The number of nitrogens with one attached hydrogen (secondary N) is 2. The van der Waals surface area contributed by atoms with E-state index in [1.807, 2.05) is 17.8 Å². The molecule has 148 valence electrons. The Morgan fingerprint density at radius 3 is 2.73 bits per heavy atom. The van der Waals surface area contributed by atoms with Crippen LogP contribution in [-0.2, 0) is 11.3 Å². The number of halogens is 1. The summed E-state index contributed by atoms with van der Waals surface area (Å²) >= 11 is 1.99. The van der Waals surface area contributed by atoms with Crippen LogP contribution in [-0.4, -0.2) is 43.2 Å². The van der Waals surface area contributed by atoms with Crippen molar-refractivity contribution in [2.24, 2.45) is 4.99 Å². The van der Waals surface area contributed by atoms with E-state index in [0.717, 1.165) is 43.7 Å². The lowest BCUT2D eigenvalue weighted by atomic mass is 10.2. The SMILES string of the molecule is CCNC(=NCCCCOCc1ccccc1)NC1CCC(SC)C1.I. The van der Waals surface area contributed by atoms with Crippen molar-refractivity contribution in [1.29, 1.82) is 0 Å². The highest BCUT2D eigenvalue weighted by Gasteiger charge is 2.24. The number of benzene rings is 1. The first-order chi connectivity index (χ1) is 12.3. The van der Waals surface area contributed by atoms with Crippen LogP contribution in [0.5, 0.6) is 0 Å². The van der Waals surface area contributed by atoms with E-state index in [4.69, 9.17) is 9.73 Å². The van der Waals surface area contributed by atoms with Gasteiger partial charge in [0.15, 0.2) is 5.96 Å². The summed E-state index contributed by atoms with van der Waals surface area (Å²) in [6, 6.07) is 10.9. The second-order valence-corrected chi connectivity index (χ2v) is 7.66. The van der Waals surface area contributed by atoms with E-state index in [0.29, 0.717) is 12.6 Å². The number of guanidine groups is 1. The van der Waals surface area contributed by atoms with Crippen molar-refractivity contribution in [3.05, 3.63) is 35.9 Å². The average Bonchev–Trinajstić information content (AvgIpc) is 3.09. The van der Waals surface area contributed by atoms with Crippen molar-refractivity contribution in [3.63, 3.8) is 0 Å². The zero-order chi connectivity index (χ0) is 17.7. The largest absolute Gasteiger partial charge is 0.377 e. The molecule has 26 heavy (non-hydrogen) atoms. The fourth-order valence-corrected chi connectivity index (χ4v) is 3.87. The molecule has 1 aliphatic carbocycles. The first kappa shape index (κ1) is 23.6. The molecule has 0 aromatic heterocycles. The number of hydrogen-bond donors (Lipinski definition) is 2. The van der Waals surface area contributed by atoms with Gasteiger partial charge in [-0.1, -0.05) is 30.3 Å². The van der Waals surface area contributed by atoms with Gasteiger partial charge in [-0.05, 0) is 50.8 Å². The summed E-state index contributed by atoms with van der Waals surface area (Å²) in [6.45, 7) is 5.38. The summed E-state index contributed by atoms with van der Waals surface area (Å²) in [6.07, 6.45) is 8.14. The van der Waals surface area contributed by atoms with Crippen LogP contribution in [0.15, 0.2) is 35.3 Å². The Balaban J connectivity index is 0.00000338. The average molecular weight is 491 g/mol. The van der Waals surface area contributed by atoms with Gasteiger partial charge in [-0.3, -0.25) is 4.99 Å². The predicted molar refractivity (Wildman–Crippen MR) is 125 cm³/mol. The van der Waals surface area contributed by atoms with E-state index < -0.39 is 0 Å². The normalized spacial score (nSPS) is 19.8. The number of ether oxygens (including phenoxy) is 1. The number of aliphatic imine (C=N–C) groups is 1. The summed E-state index contributed by atoms with van der Waals surface area (Å²) < 4.78 is 5.72. The lowest BCUT2D eigenvalue weighted by Gasteiger charge is -2.17. The van der Waals surface area contributed by atoms with Gasteiger partial charge in [0.25, 0.3) is 0 Å². The van der Waals surface area contributed by atoms with E-state index in [2.05, 4.69) is 48.1 Å². The molecule has 1 fully saturated rings. The highest BCUT2D eigenvalue weighted by molar-refractivity contribution is 14.0. The van der Waals surface area contributed by atoms with Crippen molar-refractivity contribution in [1.82, 2.24) is 10.6 Å². The van der Waals surface area contributed by atoms with Gasteiger partial charge >= 0.3 is 0 Å². The number of rotatable bonds is 10. The zero-order valence-corrected chi connectivity index (χ0v) is 19.2. The van der Waals surface area contributed by atoms with Crippen molar-refractivity contribution >= 4 is 41.7 Å². The number of nitrogens with zero attached hydrogens (tertiary/aromatic N) is 1. The molecule has 1 aromatic rings. The molecule has 6 heteroatoms. The van der Waals surface area contributed by atoms with Gasteiger partial charge in [-0.25, -0.2) is 0 Å². The van der Waals surface area contributed by atoms with Crippen LogP contribution in [0.1, 0.15) is 44.6 Å². The third-order valence-electron chi connectivity index (χ3n) is 4.48. The van der Waals surface area contributed by atoms with Crippen LogP contribution in [0.4, 0.5) is 0 Å². The zero-order valence-electron chi connectivity index (χ0n) is 16.1. The lowest BCUT2D eigenvalue weighted by Crippen LogP contribution is -2.42. The van der Waals surface area contributed by atoms with Crippen LogP contribution < -0.4 is 10.6 Å². The Labute approximate surface area is 180 Å². The Kier molecular flexibility index (Phi) is 13.2. The van der Waals surface area contributed by atoms with Gasteiger partial charge < -0.3 is 15.4 Å². The second-order valence-electron chi connectivity index (χ2n) is 6.52. The molecule has 4 nitrogen and oxygen atoms in total. The summed E-state index contributed by atoms with van der Waals surface area (Å²) in [5.41, 5.74) is 1.24. The van der Waals surface area contributed by atoms with E-state index >= 15 is 0 Å². The Bertz CT molecular complexity index is 501. The summed E-state index contributed by atoms with van der Waals surface area (Å²) in [5, 5.41) is 7.77. The fraction of sp³-hybridized carbons (Fsp3) is 0.650. The monoisotopic (exact) mass is 491 g/mol. The van der Waals surface area contributed by atoms with Crippen molar-refractivity contribution in [2.45, 2.75) is 56.9 Å². The first-order valence-corrected chi connectivity index (χ1v) is 10.8. The summed E-state index contributed by atoms with van der Waals surface area (Å²) in [5.74, 6) is 0.972. The van der Waals surface area contributed by atoms with Crippen molar-refractivity contribution in [3.8, 4) is 0 Å². The maximum absolute atomic E-state index is 5.72. The maximum Gasteiger partial charge on any atom is 0.191 e. The summed E-state index contributed by atoms with van der Waals surface area (Å²) in [7, 11) is 0. The van der Waals surface area contributed by atoms with Crippen LogP contribution in [0.25, 0.3) is 0 Å². The molecule has 0 spiro atoms. The minimum atomic E-state index is 0. The molecule has 0 heterocycles. The van der Waals surface area contributed by atoms with Crippen LogP contribution in [0, 0.1) is 0 Å². The highest BCUT2D eigenvalue weighted by atomic mass is 127. The minimum absolute atomic E-state index is 0. The standard InChI is InChI=1S/C20H33N3OS.HI/c1-3-21-20(23-18-11-12-19(15-18)25-2)22-13-7-8-14-24-16-17-9-5-4-6-10-17;/h4-6,9-10,18-19H,3,7-8,11-16H2,1-2H3,(H2,21,22,23);1H. The Morgan fingerprint density at radius 1 is 1.23 bits per heavy atom. The molecule has 1 aromatic carbocycles. The molecule has 1 saturated carbocycles. The van der Waals surface area contributed by atoms with Crippen molar-refractivity contribution in [2.75, 3.05) is 26.0 Å². The van der Waals surface area contributed by atoms with Gasteiger partial charge in [0.2, 0.25) is 0 Å². The van der Waals surface area contributed by atoms with Gasteiger partial charge in [0.05, 0.1) is 6.61 Å². The molecule has 0 bridgehead atoms. The molecule has 0 saturated heterocycles. The number of thioether (sulfide) groups is 1. The molecule has 0 amide bonds. The van der Waals surface area contributed by atoms with E-state index in [1.165, 1.54) is 24.8 Å². The smallest absolute Gasteiger partial charge is 0.191 e. The van der Waals surface area contributed by atoms with Crippen molar-refractivity contribution < 1.29 is 4.74 Å². The fourth-order valence-electron chi connectivity index (χ4n) is 3.07. The molecule has 0 aliphatic heterocycles. The van der Waals surface area contributed by atoms with Gasteiger partial charge in [-0.2, -0.15) is 11.8 Å². The van der Waals surface area contributed by atoms with Gasteiger partial charge in [-0.15, -0.1) is 24.0 Å². The molecule has 0 radical (unpaired) electrons. The number of hydrogen-bond acceptors (Lipinski definition) is 3. The van der Waals surface area contributed by atoms with E-state index in [1.54, 1.807) is 0 Å². The molecular formula is C20H34IN3OS. The molecule has 2 N–H and O–H groups in total. The van der Waals surface area contributed by atoms with E-state index in [9.17, 15) is 0 Å².